The molecule has 0 aromatic heterocycles. The van der Waals surface area contributed by atoms with Crippen molar-refractivity contribution in [1.82, 2.24) is 0 Å². The summed E-state index contributed by atoms with van der Waals surface area (Å²) in [6.07, 6.45) is 0. The van der Waals surface area contributed by atoms with E-state index in [2.05, 4.69) is 0 Å². The standard InChI is InChI=1S/C14H12ClF2NO/c1-8(18)9-5-6-12(11(16)7-9)19-13-4-2-3-10(15)14(13)17/h2-8H,18H2,1H3/t8-/m1/s1. The van der Waals surface area contributed by atoms with Gasteiger partial charge in [-0.25, -0.2) is 8.78 Å². The van der Waals surface area contributed by atoms with Gasteiger partial charge in [-0.1, -0.05) is 23.7 Å². The van der Waals surface area contributed by atoms with E-state index in [4.69, 9.17) is 22.1 Å². The van der Waals surface area contributed by atoms with E-state index in [0.717, 1.165) is 0 Å². The van der Waals surface area contributed by atoms with Gasteiger partial charge in [-0.2, -0.15) is 0 Å². The van der Waals surface area contributed by atoms with Gasteiger partial charge >= 0.3 is 0 Å². The molecule has 0 fully saturated rings. The monoisotopic (exact) mass is 283 g/mol. The fourth-order valence-electron chi connectivity index (χ4n) is 1.56. The summed E-state index contributed by atoms with van der Waals surface area (Å²) in [7, 11) is 0. The van der Waals surface area contributed by atoms with Crippen molar-refractivity contribution in [3.8, 4) is 11.5 Å². The molecule has 2 nitrogen and oxygen atoms in total. The van der Waals surface area contributed by atoms with Crippen molar-refractivity contribution in [3.63, 3.8) is 0 Å². The largest absolute Gasteiger partial charge is 0.451 e. The second kappa shape index (κ2) is 5.55. The maximum Gasteiger partial charge on any atom is 0.184 e. The highest BCUT2D eigenvalue weighted by Gasteiger charge is 2.12. The molecule has 2 rings (SSSR count). The lowest BCUT2D eigenvalue weighted by atomic mass is 10.1. The average Bonchev–Trinajstić information content (AvgIpc) is 2.37. The van der Waals surface area contributed by atoms with Gasteiger partial charge in [0.05, 0.1) is 5.02 Å². The van der Waals surface area contributed by atoms with Gasteiger partial charge in [0.25, 0.3) is 0 Å². The van der Waals surface area contributed by atoms with Crippen LogP contribution in [0, 0.1) is 11.6 Å². The molecule has 0 unspecified atom stereocenters. The Balaban J connectivity index is 2.31. The van der Waals surface area contributed by atoms with E-state index >= 15 is 0 Å². The highest BCUT2D eigenvalue weighted by molar-refractivity contribution is 6.30. The van der Waals surface area contributed by atoms with Gasteiger partial charge in [0.1, 0.15) is 0 Å². The van der Waals surface area contributed by atoms with Crippen molar-refractivity contribution in [2.75, 3.05) is 0 Å². The van der Waals surface area contributed by atoms with E-state index in [1.54, 1.807) is 13.0 Å². The van der Waals surface area contributed by atoms with Crippen LogP contribution in [0.2, 0.25) is 5.02 Å². The van der Waals surface area contributed by atoms with Crippen LogP contribution in [0.1, 0.15) is 18.5 Å². The zero-order valence-electron chi connectivity index (χ0n) is 10.2. The Hall–Kier alpha value is -1.65. The SMILES string of the molecule is C[C@@H](N)c1ccc(Oc2cccc(Cl)c2F)c(F)c1. The number of nitrogens with two attached hydrogens (primary N) is 1. The second-order valence-electron chi connectivity index (χ2n) is 4.13. The van der Waals surface area contributed by atoms with Gasteiger partial charge in [-0.15, -0.1) is 0 Å². The summed E-state index contributed by atoms with van der Waals surface area (Å²) in [6.45, 7) is 1.74. The highest BCUT2D eigenvalue weighted by atomic mass is 35.5. The number of halogens is 3. The first-order valence-corrected chi connectivity index (χ1v) is 6.03. The van der Waals surface area contributed by atoms with Crippen LogP contribution in [-0.2, 0) is 0 Å². The first kappa shape index (κ1) is 13.8. The smallest absolute Gasteiger partial charge is 0.184 e. The Bertz CT molecular complexity index is 602. The summed E-state index contributed by atoms with van der Waals surface area (Å²) in [5, 5.41) is -0.0786. The Morgan fingerprint density at radius 1 is 1.16 bits per heavy atom. The summed E-state index contributed by atoms with van der Waals surface area (Å²) >= 11 is 5.62. The molecule has 0 aliphatic carbocycles. The quantitative estimate of drug-likeness (QED) is 0.904. The normalized spacial score (nSPS) is 12.3. The molecule has 0 heterocycles. The van der Waals surface area contributed by atoms with Crippen molar-refractivity contribution in [2.24, 2.45) is 5.73 Å². The minimum Gasteiger partial charge on any atom is -0.451 e. The van der Waals surface area contributed by atoms with E-state index < -0.39 is 11.6 Å². The molecule has 0 aliphatic rings. The van der Waals surface area contributed by atoms with Crippen LogP contribution in [0.15, 0.2) is 36.4 Å². The lowest BCUT2D eigenvalue weighted by Gasteiger charge is -2.11. The topological polar surface area (TPSA) is 35.2 Å². The van der Waals surface area contributed by atoms with E-state index in [0.29, 0.717) is 5.56 Å². The molecule has 0 radical (unpaired) electrons. The van der Waals surface area contributed by atoms with E-state index in [-0.39, 0.29) is 22.6 Å². The zero-order chi connectivity index (χ0) is 14.0. The number of hydrogen-bond donors (Lipinski definition) is 1. The minimum atomic E-state index is -0.722. The molecule has 5 heteroatoms. The minimum absolute atomic E-state index is 0.0782. The number of benzene rings is 2. The molecule has 2 aromatic carbocycles. The first-order chi connectivity index (χ1) is 8.99. The van der Waals surface area contributed by atoms with E-state index in [9.17, 15) is 8.78 Å². The first-order valence-electron chi connectivity index (χ1n) is 5.66. The Morgan fingerprint density at radius 3 is 2.53 bits per heavy atom. The van der Waals surface area contributed by atoms with Crippen LogP contribution in [0.3, 0.4) is 0 Å². The zero-order valence-corrected chi connectivity index (χ0v) is 10.9. The maximum absolute atomic E-state index is 13.8. The van der Waals surface area contributed by atoms with Crippen LogP contribution in [0.25, 0.3) is 0 Å². The molecule has 2 N–H and O–H groups in total. The molecule has 1 atom stereocenters. The summed E-state index contributed by atoms with van der Waals surface area (Å²) in [4.78, 5) is 0. The van der Waals surface area contributed by atoms with E-state index in [1.807, 2.05) is 0 Å². The fraction of sp³-hybridized carbons (Fsp3) is 0.143. The molecule has 2 aromatic rings. The Kier molecular flexibility index (Phi) is 4.02. The van der Waals surface area contributed by atoms with Crippen molar-refractivity contribution >= 4 is 11.6 Å². The van der Waals surface area contributed by atoms with Crippen molar-refractivity contribution in [1.29, 1.82) is 0 Å². The molecule has 0 amide bonds. The highest BCUT2D eigenvalue weighted by Crippen LogP contribution is 2.31. The molecule has 0 aliphatic heterocycles. The summed E-state index contributed by atoms with van der Waals surface area (Å²) in [6, 6.07) is 8.31. The Labute approximate surface area is 114 Å². The van der Waals surface area contributed by atoms with Crippen molar-refractivity contribution < 1.29 is 13.5 Å². The molecule has 0 saturated carbocycles. The maximum atomic E-state index is 13.8. The molecule has 100 valence electrons. The second-order valence-corrected chi connectivity index (χ2v) is 4.54. The van der Waals surface area contributed by atoms with Crippen LogP contribution < -0.4 is 10.5 Å². The molecule has 0 spiro atoms. The van der Waals surface area contributed by atoms with Crippen LogP contribution in [-0.4, -0.2) is 0 Å². The van der Waals surface area contributed by atoms with Crippen molar-refractivity contribution in [3.05, 3.63) is 58.6 Å². The predicted octanol–water partition coefficient (Wildman–Crippen LogP) is 4.43. The third-order valence-corrected chi connectivity index (χ3v) is 2.91. The van der Waals surface area contributed by atoms with Crippen LogP contribution in [0.4, 0.5) is 8.78 Å². The number of hydrogen-bond acceptors (Lipinski definition) is 2. The molecule has 0 bridgehead atoms. The molecular formula is C14H12ClF2NO. The summed E-state index contributed by atoms with van der Waals surface area (Å²) in [5.74, 6) is -1.53. The van der Waals surface area contributed by atoms with Gasteiger partial charge < -0.3 is 10.5 Å². The summed E-state index contributed by atoms with van der Waals surface area (Å²) < 4.78 is 32.6. The third-order valence-electron chi connectivity index (χ3n) is 2.62. The molecule has 0 saturated heterocycles. The van der Waals surface area contributed by atoms with Crippen LogP contribution in [0.5, 0.6) is 11.5 Å². The van der Waals surface area contributed by atoms with Gasteiger partial charge in [0.15, 0.2) is 23.1 Å². The van der Waals surface area contributed by atoms with Gasteiger partial charge in [0, 0.05) is 6.04 Å². The van der Waals surface area contributed by atoms with Gasteiger partial charge in [0.2, 0.25) is 0 Å². The molecular weight excluding hydrogens is 272 g/mol. The Morgan fingerprint density at radius 2 is 1.89 bits per heavy atom. The van der Waals surface area contributed by atoms with Gasteiger partial charge in [-0.3, -0.25) is 0 Å². The van der Waals surface area contributed by atoms with Crippen LogP contribution >= 0.6 is 11.6 Å². The fourth-order valence-corrected chi connectivity index (χ4v) is 1.73. The predicted molar refractivity (Wildman–Crippen MR) is 70.5 cm³/mol. The average molecular weight is 284 g/mol. The molecule has 19 heavy (non-hydrogen) atoms. The third kappa shape index (κ3) is 3.03. The van der Waals surface area contributed by atoms with E-state index in [1.165, 1.54) is 30.3 Å². The lowest BCUT2D eigenvalue weighted by molar-refractivity contribution is 0.414. The van der Waals surface area contributed by atoms with Crippen molar-refractivity contribution in [2.45, 2.75) is 13.0 Å². The number of rotatable bonds is 3. The summed E-state index contributed by atoms with van der Waals surface area (Å²) in [5.41, 5.74) is 6.28. The van der Waals surface area contributed by atoms with Gasteiger partial charge in [-0.05, 0) is 36.8 Å². The number of ether oxygens (including phenoxy) is 1. The lowest BCUT2D eigenvalue weighted by Crippen LogP contribution is -2.05.